The maximum Gasteiger partial charge on any atom is 0.329 e. The Balaban J connectivity index is 3.02. The molecule has 0 fully saturated rings. The minimum atomic E-state index is -1.26. The van der Waals surface area contributed by atoms with Gasteiger partial charge in [-0.15, -0.1) is 0 Å². The van der Waals surface area contributed by atoms with E-state index < -0.39 is 17.4 Å². The summed E-state index contributed by atoms with van der Waals surface area (Å²) < 4.78 is 0. The number of carbonyl (C=O) groups excluding carboxylic acids is 1. The number of carbonyl (C=O) groups is 2. The van der Waals surface area contributed by atoms with E-state index in [0.29, 0.717) is 0 Å². The van der Waals surface area contributed by atoms with E-state index in [-0.39, 0.29) is 5.69 Å². The van der Waals surface area contributed by atoms with Crippen molar-refractivity contribution in [3.05, 3.63) is 29.6 Å². The molecule has 1 rings (SSSR count). The molecule has 0 aliphatic rings. The Morgan fingerprint density at radius 2 is 1.94 bits per heavy atom. The van der Waals surface area contributed by atoms with Gasteiger partial charge in [-0.3, -0.25) is 4.79 Å². The van der Waals surface area contributed by atoms with Gasteiger partial charge in [0.2, 0.25) is 0 Å². The number of carboxylic acid groups (broad SMARTS) is 1. The van der Waals surface area contributed by atoms with E-state index in [1.165, 1.54) is 25.8 Å². The SMILES string of the molecule is Cc1cccc(C(=O)N(C)C(C)(C)C(=O)O)n1. The molecule has 0 atom stereocenters. The molecular weight excluding hydrogens is 220 g/mol. The van der Waals surface area contributed by atoms with E-state index in [4.69, 9.17) is 5.11 Å². The van der Waals surface area contributed by atoms with Crippen molar-refractivity contribution in [1.29, 1.82) is 0 Å². The molecule has 1 heterocycles. The molecular formula is C12H16N2O3. The molecule has 1 aromatic heterocycles. The van der Waals surface area contributed by atoms with E-state index in [9.17, 15) is 9.59 Å². The molecule has 1 amide bonds. The second-order valence-corrected chi connectivity index (χ2v) is 4.39. The summed E-state index contributed by atoms with van der Waals surface area (Å²) in [6, 6.07) is 5.07. The molecule has 0 saturated heterocycles. The van der Waals surface area contributed by atoms with Gasteiger partial charge in [0.1, 0.15) is 11.2 Å². The predicted octanol–water partition coefficient (Wildman–Crippen LogP) is 1.33. The first-order valence-electron chi connectivity index (χ1n) is 5.22. The average molecular weight is 236 g/mol. The number of likely N-dealkylation sites (N-methyl/N-ethyl adjacent to an activating group) is 1. The van der Waals surface area contributed by atoms with Gasteiger partial charge in [0, 0.05) is 12.7 Å². The van der Waals surface area contributed by atoms with Crippen LogP contribution in [0.3, 0.4) is 0 Å². The number of pyridine rings is 1. The van der Waals surface area contributed by atoms with Crippen molar-refractivity contribution in [2.45, 2.75) is 26.3 Å². The van der Waals surface area contributed by atoms with Gasteiger partial charge in [0.05, 0.1) is 0 Å². The number of nitrogens with zero attached hydrogens (tertiary/aromatic N) is 2. The Bertz CT molecular complexity index is 455. The third kappa shape index (κ3) is 2.61. The Labute approximate surface area is 100 Å². The van der Waals surface area contributed by atoms with Crippen molar-refractivity contribution in [2.75, 3.05) is 7.05 Å². The van der Waals surface area contributed by atoms with E-state index in [2.05, 4.69) is 4.98 Å². The van der Waals surface area contributed by atoms with Crippen molar-refractivity contribution in [3.8, 4) is 0 Å². The van der Waals surface area contributed by atoms with Crippen LogP contribution < -0.4 is 0 Å². The van der Waals surface area contributed by atoms with Crippen molar-refractivity contribution in [2.24, 2.45) is 0 Å². The van der Waals surface area contributed by atoms with E-state index in [1.807, 2.05) is 0 Å². The summed E-state index contributed by atoms with van der Waals surface area (Å²) in [6.45, 7) is 4.73. The van der Waals surface area contributed by atoms with Crippen molar-refractivity contribution < 1.29 is 14.7 Å². The number of hydrogen-bond acceptors (Lipinski definition) is 3. The first-order chi connectivity index (χ1) is 7.76. The highest BCUT2D eigenvalue weighted by Crippen LogP contribution is 2.15. The quantitative estimate of drug-likeness (QED) is 0.859. The second-order valence-electron chi connectivity index (χ2n) is 4.39. The number of amides is 1. The van der Waals surface area contributed by atoms with Crippen molar-refractivity contribution in [3.63, 3.8) is 0 Å². The van der Waals surface area contributed by atoms with E-state index >= 15 is 0 Å². The van der Waals surface area contributed by atoms with Gasteiger partial charge < -0.3 is 10.0 Å². The van der Waals surface area contributed by atoms with Crippen LogP contribution in [-0.4, -0.2) is 39.5 Å². The maximum atomic E-state index is 12.0. The molecule has 0 bridgehead atoms. The standard InChI is InChI=1S/C12H16N2O3/c1-8-6-5-7-9(13-8)10(15)14(4)12(2,3)11(16)17/h5-7H,1-4H3,(H,16,17). The molecule has 1 aromatic rings. The Morgan fingerprint density at radius 1 is 1.35 bits per heavy atom. The fraction of sp³-hybridized carbons (Fsp3) is 0.417. The molecule has 0 spiro atoms. The number of carboxylic acids is 1. The molecule has 0 radical (unpaired) electrons. The summed E-state index contributed by atoms with van der Waals surface area (Å²) in [6.07, 6.45) is 0. The van der Waals surface area contributed by atoms with Crippen LogP contribution in [-0.2, 0) is 4.79 Å². The van der Waals surface area contributed by atoms with Crippen LogP contribution in [0, 0.1) is 6.92 Å². The van der Waals surface area contributed by atoms with Gasteiger partial charge in [-0.05, 0) is 32.9 Å². The Kier molecular flexibility index (Phi) is 3.50. The van der Waals surface area contributed by atoms with Crippen LogP contribution in [0.2, 0.25) is 0 Å². The number of aliphatic carboxylic acids is 1. The minimum Gasteiger partial charge on any atom is -0.480 e. The van der Waals surface area contributed by atoms with Crippen LogP contribution in [0.1, 0.15) is 30.0 Å². The van der Waals surface area contributed by atoms with Gasteiger partial charge >= 0.3 is 5.97 Å². The first-order valence-corrected chi connectivity index (χ1v) is 5.22. The number of rotatable bonds is 3. The lowest BCUT2D eigenvalue weighted by Gasteiger charge is -2.31. The summed E-state index contributed by atoms with van der Waals surface area (Å²) in [4.78, 5) is 28.4. The third-order valence-electron chi connectivity index (χ3n) is 2.77. The van der Waals surface area contributed by atoms with Gasteiger partial charge in [0.15, 0.2) is 0 Å². The highest BCUT2D eigenvalue weighted by atomic mass is 16.4. The zero-order chi connectivity index (χ0) is 13.2. The third-order valence-corrected chi connectivity index (χ3v) is 2.77. The summed E-state index contributed by atoms with van der Waals surface area (Å²) in [5, 5.41) is 9.05. The summed E-state index contributed by atoms with van der Waals surface area (Å²) >= 11 is 0. The molecule has 0 saturated carbocycles. The molecule has 0 unspecified atom stereocenters. The van der Waals surface area contributed by atoms with Crippen LogP contribution >= 0.6 is 0 Å². The van der Waals surface area contributed by atoms with Crippen LogP contribution in [0.5, 0.6) is 0 Å². The van der Waals surface area contributed by atoms with Gasteiger partial charge in [-0.2, -0.15) is 0 Å². The highest BCUT2D eigenvalue weighted by Gasteiger charge is 2.35. The Hall–Kier alpha value is -1.91. The van der Waals surface area contributed by atoms with E-state index in [0.717, 1.165) is 5.69 Å². The van der Waals surface area contributed by atoms with Gasteiger partial charge in [-0.25, -0.2) is 9.78 Å². The molecule has 5 heteroatoms. The molecule has 0 aromatic carbocycles. The van der Waals surface area contributed by atoms with Gasteiger partial charge in [0.25, 0.3) is 5.91 Å². The van der Waals surface area contributed by atoms with Crippen LogP contribution in [0.4, 0.5) is 0 Å². The average Bonchev–Trinajstić information content (AvgIpc) is 2.26. The monoisotopic (exact) mass is 236 g/mol. The normalized spacial score (nSPS) is 11.1. The minimum absolute atomic E-state index is 0.252. The fourth-order valence-corrected chi connectivity index (χ4v) is 1.23. The summed E-state index contributed by atoms with van der Waals surface area (Å²) in [5.41, 5.74) is -0.290. The topological polar surface area (TPSA) is 70.5 Å². The van der Waals surface area contributed by atoms with E-state index in [1.54, 1.807) is 25.1 Å². The van der Waals surface area contributed by atoms with Gasteiger partial charge in [-0.1, -0.05) is 6.07 Å². The predicted molar refractivity (Wildman–Crippen MR) is 62.8 cm³/mol. The number of aromatic nitrogens is 1. The second kappa shape index (κ2) is 4.53. The lowest BCUT2D eigenvalue weighted by atomic mass is 10.0. The molecule has 0 aliphatic carbocycles. The first kappa shape index (κ1) is 13.2. The maximum absolute atomic E-state index is 12.0. The lowest BCUT2D eigenvalue weighted by molar-refractivity contribution is -0.147. The number of hydrogen-bond donors (Lipinski definition) is 1. The molecule has 5 nitrogen and oxygen atoms in total. The van der Waals surface area contributed by atoms with Crippen LogP contribution in [0.25, 0.3) is 0 Å². The molecule has 0 aliphatic heterocycles. The Morgan fingerprint density at radius 3 is 2.41 bits per heavy atom. The molecule has 1 N–H and O–H groups in total. The zero-order valence-electron chi connectivity index (χ0n) is 10.4. The smallest absolute Gasteiger partial charge is 0.329 e. The summed E-state index contributed by atoms with van der Waals surface area (Å²) in [5.74, 6) is -1.46. The molecule has 92 valence electrons. The zero-order valence-corrected chi connectivity index (χ0v) is 10.4. The highest BCUT2D eigenvalue weighted by molar-refractivity contribution is 5.95. The largest absolute Gasteiger partial charge is 0.480 e. The number of aryl methyl sites for hydroxylation is 1. The van der Waals surface area contributed by atoms with Crippen LogP contribution in [0.15, 0.2) is 18.2 Å². The van der Waals surface area contributed by atoms with Crippen molar-refractivity contribution >= 4 is 11.9 Å². The molecule has 17 heavy (non-hydrogen) atoms. The summed E-state index contributed by atoms with van der Waals surface area (Å²) in [7, 11) is 1.46. The fourth-order valence-electron chi connectivity index (χ4n) is 1.23. The lowest BCUT2D eigenvalue weighted by Crippen LogP contribution is -2.51. The van der Waals surface area contributed by atoms with Crippen molar-refractivity contribution in [1.82, 2.24) is 9.88 Å².